The number of rotatable bonds is 4. The lowest BCUT2D eigenvalue weighted by Gasteiger charge is -2.45. The smallest absolute Gasteiger partial charge is 0.246 e. The first-order chi connectivity index (χ1) is 9.06. The van der Waals surface area contributed by atoms with Crippen LogP contribution in [0, 0.1) is 0 Å². The van der Waals surface area contributed by atoms with E-state index in [-0.39, 0.29) is 5.91 Å². The van der Waals surface area contributed by atoms with Gasteiger partial charge in [0.1, 0.15) is 5.75 Å². The van der Waals surface area contributed by atoms with Crippen LogP contribution in [0.1, 0.15) is 18.9 Å². The van der Waals surface area contributed by atoms with E-state index in [0.29, 0.717) is 19.5 Å². The summed E-state index contributed by atoms with van der Waals surface area (Å²) in [5.41, 5.74) is 0.235. The molecule has 4 nitrogen and oxygen atoms in total. The summed E-state index contributed by atoms with van der Waals surface area (Å²) in [6.45, 7) is 2.77. The fourth-order valence-corrected chi connectivity index (χ4v) is 2.06. The molecule has 1 N–H and O–H groups in total. The monoisotopic (exact) mass is 261 g/mol. The Morgan fingerprint density at radius 2 is 2.26 bits per heavy atom. The number of amides is 1. The molecule has 0 aromatic heterocycles. The number of carbonyl (C=O) groups excluding carboxylic acids is 1. The number of nitrogens with zero attached hydrogens (tertiary/aromatic N) is 1. The lowest BCUT2D eigenvalue weighted by molar-refractivity contribution is -0.150. The number of methoxy groups -OCH3 is 1. The molecule has 1 fully saturated rings. The highest BCUT2D eigenvalue weighted by molar-refractivity contribution is 5.92. The zero-order chi connectivity index (χ0) is 13.9. The first kappa shape index (κ1) is 13.6. The first-order valence-corrected chi connectivity index (χ1v) is 6.40. The first-order valence-electron chi connectivity index (χ1n) is 6.40. The fourth-order valence-electron chi connectivity index (χ4n) is 2.06. The number of hydrogen-bond acceptors (Lipinski definition) is 3. The quantitative estimate of drug-likeness (QED) is 0.839. The van der Waals surface area contributed by atoms with Crippen LogP contribution in [-0.4, -0.2) is 41.7 Å². The van der Waals surface area contributed by atoms with E-state index in [1.165, 1.54) is 6.08 Å². The highest BCUT2D eigenvalue weighted by atomic mass is 16.5. The highest BCUT2D eigenvalue weighted by Crippen LogP contribution is 2.24. The Morgan fingerprint density at radius 1 is 1.53 bits per heavy atom. The SMILES string of the molecule is CCC1(O)CN(C(=O)C=Cc2cccc(OC)c2)C1. The van der Waals surface area contributed by atoms with Crippen LogP contribution in [-0.2, 0) is 4.79 Å². The Morgan fingerprint density at radius 3 is 2.89 bits per heavy atom. The molecule has 1 aromatic carbocycles. The van der Waals surface area contributed by atoms with Gasteiger partial charge in [0.2, 0.25) is 5.91 Å². The van der Waals surface area contributed by atoms with E-state index in [9.17, 15) is 9.90 Å². The molecule has 0 saturated carbocycles. The molecule has 1 heterocycles. The van der Waals surface area contributed by atoms with Gasteiger partial charge in [0.25, 0.3) is 0 Å². The van der Waals surface area contributed by atoms with Crippen LogP contribution in [0.25, 0.3) is 6.08 Å². The molecule has 0 atom stereocenters. The van der Waals surface area contributed by atoms with Gasteiger partial charge in [0.05, 0.1) is 25.8 Å². The molecule has 4 heteroatoms. The van der Waals surface area contributed by atoms with Crippen molar-refractivity contribution in [1.29, 1.82) is 0 Å². The summed E-state index contributed by atoms with van der Waals surface area (Å²) in [6.07, 6.45) is 3.97. The standard InChI is InChI=1S/C15H19NO3/c1-3-15(18)10-16(11-15)14(17)8-7-12-5-4-6-13(9-12)19-2/h4-9,18H,3,10-11H2,1-2H3. The number of ether oxygens (including phenoxy) is 1. The molecular formula is C15H19NO3. The van der Waals surface area contributed by atoms with Crippen molar-refractivity contribution in [2.75, 3.05) is 20.2 Å². The molecule has 1 aromatic rings. The number of β-amino-alcohol motifs (C(OH)–C–C–N with tert-alkyl or cyclic N) is 1. The van der Waals surface area contributed by atoms with Crippen molar-refractivity contribution < 1.29 is 14.6 Å². The maximum atomic E-state index is 11.9. The number of likely N-dealkylation sites (tertiary alicyclic amines) is 1. The fraction of sp³-hybridized carbons (Fsp3) is 0.400. The van der Waals surface area contributed by atoms with Gasteiger partial charge < -0.3 is 14.7 Å². The molecule has 0 bridgehead atoms. The second-order valence-corrected chi connectivity index (χ2v) is 4.88. The third kappa shape index (κ3) is 3.15. The second-order valence-electron chi connectivity index (χ2n) is 4.88. The number of aliphatic hydroxyl groups is 1. The molecule has 1 aliphatic rings. The highest BCUT2D eigenvalue weighted by Gasteiger charge is 2.41. The van der Waals surface area contributed by atoms with Crippen LogP contribution in [0.4, 0.5) is 0 Å². The van der Waals surface area contributed by atoms with Crippen molar-refractivity contribution >= 4 is 12.0 Å². The Labute approximate surface area is 113 Å². The van der Waals surface area contributed by atoms with Crippen molar-refractivity contribution in [2.24, 2.45) is 0 Å². The summed E-state index contributed by atoms with van der Waals surface area (Å²) in [5, 5.41) is 9.86. The van der Waals surface area contributed by atoms with Crippen LogP contribution in [0.3, 0.4) is 0 Å². The minimum Gasteiger partial charge on any atom is -0.497 e. The van der Waals surface area contributed by atoms with Crippen molar-refractivity contribution in [1.82, 2.24) is 4.90 Å². The van der Waals surface area contributed by atoms with Crippen molar-refractivity contribution in [3.8, 4) is 5.75 Å². The summed E-state index contributed by atoms with van der Waals surface area (Å²) in [7, 11) is 1.61. The van der Waals surface area contributed by atoms with E-state index in [0.717, 1.165) is 11.3 Å². The maximum absolute atomic E-state index is 11.9. The predicted molar refractivity (Wildman–Crippen MR) is 73.8 cm³/mol. The number of benzene rings is 1. The van der Waals surface area contributed by atoms with Crippen LogP contribution in [0.15, 0.2) is 30.3 Å². The molecule has 1 saturated heterocycles. The zero-order valence-electron chi connectivity index (χ0n) is 11.3. The summed E-state index contributed by atoms with van der Waals surface area (Å²) >= 11 is 0. The van der Waals surface area contributed by atoms with E-state index in [2.05, 4.69) is 0 Å². The molecule has 0 unspecified atom stereocenters. The molecule has 102 valence electrons. The van der Waals surface area contributed by atoms with Crippen molar-refractivity contribution in [3.63, 3.8) is 0 Å². The summed E-state index contributed by atoms with van der Waals surface area (Å²) in [4.78, 5) is 13.5. The normalized spacial score (nSPS) is 17.3. The minimum absolute atomic E-state index is 0.0686. The van der Waals surface area contributed by atoms with Gasteiger partial charge in [-0.15, -0.1) is 0 Å². The number of hydrogen-bond donors (Lipinski definition) is 1. The van der Waals surface area contributed by atoms with Gasteiger partial charge in [-0.1, -0.05) is 19.1 Å². The molecule has 0 aliphatic carbocycles. The average Bonchev–Trinajstić information content (AvgIpc) is 2.41. The van der Waals surface area contributed by atoms with Crippen LogP contribution < -0.4 is 4.74 Å². The van der Waals surface area contributed by atoms with E-state index >= 15 is 0 Å². The lowest BCUT2D eigenvalue weighted by Crippen LogP contribution is -2.62. The van der Waals surface area contributed by atoms with Crippen LogP contribution >= 0.6 is 0 Å². The third-order valence-corrected chi connectivity index (χ3v) is 3.45. The maximum Gasteiger partial charge on any atom is 0.246 e. The minimum atomic E-state index is -0.681. The molecule has 0 radical (unpaired) electrons. The largest absolute Gasteiger partial charge is 0.497 e. The van der Waals surface area contributed by atoms with Crippen molar-refractivity contribution in [2.45, 2.75) is 18.9 Å². The van der Waals surface area contributed by atoms with Gasteiger partial charge in [-0.25, -0.2) is 0 Å². The van der Waals surface area contributed by atoms with Crippen LogP contribution in [0.5, 0.6) is 5.75 Å². The summed E-state index contributed by atoms with van der Waals surface area (Å²) in [6, 6.07) is 7.51. The van der Waals surface area contributed by atoms with Crippen LogP contribution in [0.2, 0.25) is 0 Å². The van der Waals surface area contributed by atoms with Gasteiger partial charge in [-0.3, -0.25) is 4.79 Å². The summed E-state index contributed by atoms with van der Waals surface area (Å²) < 4.78 is 5.12. The summed E-state index contributed by atoms with van der Waals surface area (Å²) in [5.74, 6) is 0.694. The molecule has 19 heavy (non-hydrogen) atoms. The van der Waals surface area contributed by atoms with Gasteiger partial charge >= 0.3 is 0 Å². The molecule has 1 aliphatic heterocycles. The second kappa shape index (κ2) is 5.45. The van der Waals surface area contributed by atoms with E-state index < -0.39 is 5.60 Å². The Balaban J connectivity index is 1.94. The van der Waals surface area contributed by atoms with Gasteiger partial charge in [0, 0.05) is 6.08 Å². The topological polar surface area (TPSA) is 49.8 Å². The van der Waals surface area contributed by atoms with Gasteiger partial charge in [-0.05, 0) is 30.2 Å². The third-order valence-electron chi connectivity index (χ3n) is 3.45. The Hall–Kier alpha value is -1.81. The molecule has 2 rings (SSSR count). The zero-order valence-corrected chi connectivity index (χ0v) is 11.3. The van der Waals surface area contributed by atoms with Gasteiger partial charge in [-0.2, -0.15) is 0 Å². The molecular weight excluding hydrogens is 242 g/mol. The average molecular weight is 261 g/mol. The lowest BCUT2D eigenvalue weighted by atomic mass is 9.91. The Kier molecular flexibility index (Phi) is 3.90. The van der Waals surface area contributed by atoms with Gasteiger partial charge in [0.15, 0.2) is 0 Å². The van der Waals surface area contributed by atoms with Crippen molar-refractivity contribution in [3.05, 3.63) is 35.9 Å². The van der Waals surface area contributed by atoms with E-state index in [4.69, 9.17) is 4.74 Å². The Bertz CT molecular complexity index is 490. The van der Waals surface area contributed by atoms with E-state index in [1.807, 2.05) is 31.2 Å². The van der Waals surface area contributed by atoms with E-state index in [1.54, 1.807) is 18.1 Å². The molecule has 1 amide bonds. The molecule has 0 spiro atoms. The predicted octanol–water partition coefficient (Wildman–Crippen LogP) is 1.69. The number of carbonyl (C=O) groups is 1.